The second kappa shape index (κ2) is 17.9. The molecule has 0 radical (unpaired) electrons. The highest BCUT2D eigenvalue weighted by Crippen LogP contribution is 2.44. The number of amides is 2. The largest absolute Gasteiger partial charge is 0.497 e. The second-order valence-electron chi connectivity index (χ2n) is 14.1. The van der Waals surface area contributed by atoms with Gasteiger partial charge in [-0.25, -0.2) is 4.79 Å². The Labute approximate surface area is 294 Å². The number of benzene rings is 2. The van der Waals surface area contributed by atoms with Crippen LogP contribution in [0.3, 0.4) is 0 Å². The van der Waals surface area contributed by atoms with Crippen molar-refractivity contribution < 1.29 is 38.1 Å². The van der Waals surface area contributed by atoms with Gasteiger partial charge in [-0.1, -0.05) is 44.6 Å². The molecule has 266 valence electrons. The summed E-state index contributed by atoms with van der Waals surface area (Å²) in [6.45, 7) is 16.5. The number of carbonyl (C=O) groups excluding carboxylic acids is 4. The fourth-order valence-corrected chi connectivity index (χ4v) is 6.27. The van der Waals surface area contributed by atoms with Gasteiger partial charge in [0.15, 0.2) is 0 Å². The predicted octanol–water partition coefficient (Wildman–Crippen LogP) is 7.62. The van der Waals surface area contributed by atoms with Gasteiger partial charge in [-0.2, -0.15) is 0 Å². The molecule has 3 unspecified atom stereocenters. The number of nitrogens with one attached hydrogen (secondary N) is 1. The quantitative estimate of drug-likeness (QED) is 0.0835. The Morgan fingerprint density at radius 2 is 1.52 bits per heavy atom. The summed E-state index contributed by atoms with van der Waals surface area (Å²) in [6, 6.07) is 9.98. The first-order valence-electron chi connectivity index (χ1n) is 16.0. The lowest BCUT2D eigenvalue weighted by Crippen LogP contribution is -2.45. The van der Waals surface area contributed by atoms with Crippen LogP contribution in [0.15, 0.2) is 42.5 Å². The number of ether oxygens (including phenoxy) is 4. The average molecular weight is 705 g/mol. The molecule has 2 aromatic carbocycles. The van der Waals surface area contributed by atoms with E-state index in [0.717, 1.165) is 11.0 Å². The van der Waals surface area contributed by atoms with Gasteiger partial charge in [-0.05, 0) is 96.6 Å². The van der Waals surface area contributed by atoms with Gasteiger partial charge in [-0.3, -0.25) is 18.7 Å². The van der Waals surface area contributed by atoms with Crippen molar-refractivity contribution >= 4 is 46.4 Å². The molecule has 1 N–H and O–H groups in total. The summed E-state index contributed by atoms with van der Waals surface area (Å²) in [6.07, 6.45) is 0.727. The Morgan fingerprint density at radius 3 is 2.06 bits per heavy atom. The number of rotatable bonds is 15. The van der Waals surface area contributed by atoms with Gasteiger partial charge < -0.3 is 24.3 Å². The van der Waals surface area contributed by atoms with Gasteiger partial charge in [0.05, 0.1) is 20.3 Å². The lowest BCUT2D eigenvalue weighted by molar-refractivity contribution is -0.158. The van der Waals surface area contributed by atoms with Gasteiger partial charge in [-0.15, -0.1) is 0 Å². The average Bonchev–Trinajstić information content (AvgIpc) is 2.99. The maximum Gasteiger partial charge on any atom is 0.329 e. The summed E-state index contributed by atoms with van der Waals surface area (Å²) < 4.78 is 23.8. The Morgan fingerprint density at radius 1 is 0.896 bits per heavy atom. The number of carbonyl (C=O) groups is 4. The van der Waals surface area contributed by atoms with Crippen LogP contribution in [0.5, 0.6) is 11.5 Å². The molecule has 0 aliphatic carbocycles. The smallest absolute Gasteiger partial charge is 0.329 e. The molecule has 48 heavy (non-hydrogen) atoms. The summed E-state index contributed by atoms with van der Waals surface area (Å²) in [5, 5.41) is 2.89. The molecule has 0 fully saturated rings. The summed E-state index contributed by atoms with van der Waals surface area (Å²) >= 11 is 4.51. The minimum absolute atomic E-state index is 0.0686. The number of nitrogens with zero attached hydrogens (tertiary/aromatic N) is 1. The van der Waals surface area contributed by atoms with Crippen LogP contribution in [0.4, 0.5) is 0 Å². The topological polar surface area (TPSA) is 120 Å². The van der Waals surface area contributed by atoms with E-state index >= 15 is 0 Å². The van der Waals surface area contributed by atoms with E-state index in [4.69, 9.17) is 18.9 Å². The standard InChI is InChI=1S/C36H52N2O8S2/c1-22(2)20-27(34(42)46-36(7,8)9)37-32(40)26-16-13-17-28(44-11)30(26)31(23(3)18-19-29(39)45-35(4,5)6)38(48-47)33(41)24-14-12-15-25(21-24)43-10/h12-17,21-23,27,31,47H,18-20H2,1-11H3,(H,37,40). The minimum atomic E-state index is -0.924. The van der Waals surface area contributed by atoms with Gasteiger partial charge in [0, 0.05) is 34.1 Å². The second-order valence-corrected chi connectivity index (χ2v) is 15.1. The highest BCUT2D eigenvalue weighted by atomic mass is 33.1. The molecule has 0 bridgehead atoms. The van der Waals surface area contributed by atoms with E-state index in [-0.39, 0.29) is 23.9 Å². The van der Waals surface area contributed by atoms with Gasteiger partial charge >= 0.3 is 11.9 Å². The molecule has 2 aromatic rings. The Bertz CT molecular complexity index is 1420. The molecule has 2 amide bonds. The number of hydrogen-bond acceptors (Lipinski definition) is 10. The van der Waals surface area contributed by atoms with Crippen molar-refractivity contribution in [3.63, 3.8) is 0 Å². The third kappa shape index (κ3) is 12.3. The van der Waals surface area contributed by atoms with Crippen LogP contribution in [-0.4, -0.2) is 59.5 Å². The number of esters is 2. The van der Waals surface area contributed by atoms with Crippen molar-refractivity contribution in [1.82, 2.24) is 9.62 Å². The molecule has 0 heterocycles. The molecule has 2 rings (SSSR count). The van der Waals surface area contributed by atoms with Crippen molar-refractivity contribution in [2.24, 2.45) is 11.8 Å². The van der Waals surface area contributed by atoms with E-state index in [1.165, 1.54) is 18.5 Å². The Balaban J connectivity index is 2.71. The molecule has 12 heteroatoms. The van der Waals surface area contributed by atoms with E-state index in [1.54, 1.807) is 84.0 Å². The van der Waals surface area contributed by atoms with Crippen molar-refractivity contribution in [2.45, 2.75) is 105 Å². The maximum absolute atomic E-state index is 14.2. The van der Waals surface area contributed by atoms with Crippen LogP contribution in [0.1, 0.15) is 114 Å². The van der Waals surface area contributed by atoms with E-state index in [9.17, 15) is 19.2 Å². The van der Waals surface area contributed by atoms with E-state index < -0.39 is 47.0 Å². The number of hydrogen-bond donors (Lipinski definition) is 2. The zero-order chi connectivity index (χ0) is 36.4. The molecule has 3 atom stereocenters. The lowest BCUT2D eigenvalue weighted by atomic mass is 9.86. The highest BCUT2D eigenvalue weighted by molar-refractivity contribution is 8.67. The van der Waals surface area contributed by atoms with Crippen molar-refractivity contribution in [3.8, 4) is 11.5 Å². The fourth-order valence-electron chi connectivity index (χ4n) is 5.15. The highest BCUT2D eigenvalue weighted by Gasteiger charge is 2.37. The van der Waals surface area contributed by atoms with Gasteiger partial charge in [0.1, 0.15) is 28.7 Å². The summed E-state index contributed by atoms with van der Waals surface area (Å²) in [4.78, 5) is 54.4. The summed E-state index contributed by atoms with van der Waals surface area (Å²) in [7, 11) is 3.89. The van der Waals surface area contributed by atoms with Crippen LogP contribution in [0, 0.1) is 11.8 Å². The predicted molar refractivity (Wildman–Crippen MR) is 192 cm³/mol. The first-order valence-corrected chi connectivity index (χ1v) is 17.9. The molecule has 0 aromatic heterocycles. The normalized spacial score (nSPS) is 13.6. The van der Waals surface area contributed by atoms with Crippen LogP contribution in [0.25, 0.3) is 0 Å². The Hall–Kier alpha value is -3.38. The maximum atomic E-state index is 14.2. The van der Waals surface area contributed by atoms with Gasteiger partial charge in [0.2, 0.25) is 0 Å². The van der Waals surface area contributed by atoms with Crippen LogP contribution in [-0.2, 0) is 19.1 Å². The summed E-state index contributed by atoms with van der Waals surface area (Å²) in [5.41, 5.74) is -0.476. The van der Waals surface area contributed by atoms with Crippen LogP contribution >= 0.6 is 22.6 Å². The minimum Gasteiger partial charge on any atom is -0.497 e. The number of thiol groups is 1. The van der Waals surface area contributed by atoms with Crippen molar-refractivity contribution in [1.29, 1.82) is 0 Å². The third-order valence-corrected chi connectivity index (χ3v) is 8.25. The zero-order valence-electron chi connectivity index (χ0n) is 30.0. The summed E-state index contributed by atoms with van der Waals surface area (Å²) in [5.74, 6) is -1.36. The lowest BCUT2D eigenvalue weighted by Gasteiger charge is -2.36. The Kier molecular flexibility index (Phi) is 15.2. The monoisotopic (exact) mass is 704 g/mol. The van der Waals surface area contributed by atoms with Crippen molar-refractivity contribution in [3.05, 3.63) is 59.2 Å². The first-order chi connectivity index (χ1) is 22.3. The molecule has 0 aliphatic heterocycles. The molecule has 0 aliphatic rings. The van der Waals surface area contributed by atoms with Crippen LogP contribution < -0.4 is 14.8 Å². The fraction of sp³-hybridized carbons (Fsp3) is 0.556. The van der Waals surface area contributed by atoms with E-state index in [1.807, 2.05) is 20.8 Å². The van der Waals surface area contributed by atoms with E-state index in [0.29, 0.717) is 35.5 Å². The van der Waals surface area contributed by atoms with Crippen molar-refractivity contribution in [2.75, 3.05) is 14.2 Å². The van der Waals surface area contributed by atoms with Crippen LogP contribution in [0.2, 0.25) is 0 Å². The number of methoxy groups -OCH3 is 2. The molecule has 0 saturated carbocycles. The molecule has 0 saturated heterocycles. The third-order valence-electron chi connectivity index (χ3n) is 7.15. The van der Waals surface area contributed by atoms with Gasteiger partial charge in [0.25, 0.3) is 11.8 Å². The molecule has 10 nitrogen and oxygen atoms in total. The SMILES string of the molecule is COc1cccc(C(=O)N(SS)C(c2c(OC)cccc2C(=O)NC(CC(C)C)C(=O)OC(C)(C)C)C(C)CCC(=O)OC(C)(C)C)c1. The zero-order valence-corrected chi connectivity index (χ0v) is 31.8. The molecular weight excluding hydrogens is 653 g/mol. The first kappa shape index (κ1) is 40.8. The molecule has 0 spiro atoms. The molecular formula is C36H52N2O8S2. The van der Waals surface area contributed by atoms with E-state index in [2.05, 4.69) is 17.0 Å².